The van der Waals surface area contributed by atoms with Crippen LogP contribution >= 0.6 is 23.5 Å². The Bertz CT molecular complexity index is 66.6. The van der Waals surface area contributed by atoms with Crippen LogP contribution in [0, 0.1) is 0 Å². The highest BCUT2D eigenvalue weighted by atomic mass is 32.2. The minimum atomic E-state index is 0.360. The van der Waals surface area contributed by atoms with Crippen LogP contribution < -0.4 is 5.73 Å². The van der Waals surface area contributed by atoms with Crippen molar-refractivity contribution in [1.29, 1.82) is 0 Å². The molecule has 1 atom stereocenters. The van der Waals surface area contributed by atoms with Gasteiger partial charge in [-0.05, 0) is 31.1 Å². The number of hydrogen-bond donors (Lipinski definition) is 1. The molecule has 0 rings (SSSR count). The average Bonchev–Trinajstić information content (AvgIpc) is 1.87. The van der Waals surface area contributed by atoms with E-state index >= 15 is 0 Å². The molecule has 0 fully saturated rings. The van der Waals surface area contributed by atoms with Gasteiger partial charge in [0, 0.05) is 11.8 Å². The third-order valence-electron chi connectivity index (χ3n) is 1.02. The summed E-state index contributed by atoms with van der Waals surface area (Å²) in [5, 5.41) is 0. The molecule has 2 N–H and O–H groups in total. The second-order valence-electron chi connectivity index (χ2n) is 2.40. The molecule has 10 heavy (non-hydrogen) atoms. The lowest BCUT2D eigenvalue weighted by molar-refractivity contribution is 0.846. The molecule has 62 valence electrons. The summed E-state index contributed by atoms with van der Waals surface area (Å²) in [5.74, 6) is 3.66. The molecule has 0 aliphatic carbocycles. The van der Waals surface area contributed by atoms with Gasteiger partial charge in [-0.3, -0.25) is 0 Å². The minimum Gasteiger partial charge on any atom is -0.327 e. The molecule has 0 amide bonds. The van der Waals surface area contributed by atoms with Crippen molar-refractivity contribution in [1.82, 2.24) is 0 Å². The highest BCUT2D eigenvalue weighted by molar-refractivity contribution is 7.99. The summed E-state index contributed by atoms with van der Waals surface area (Å²) in [4.78, 5) is 0. The highest BCUT2D eigenvalue weighted by Crippen LogP contribution is 2.06. The monoisotopic (exact) mass is 179 g/mol. The second kappa shape index (κ2) is 7.76. The van der Waals surface area contributed by atoms with Crippen molar-refractivity contribution < 1.29 is 0 Å². The highest BCUT2D eigenvalue weighted by Gasteiger charge is 1.93. The van der Waals surface area contributed by atoms with Crippen LogP contribution in [-0.4, -0.2) is 29.6 Å². The maximum absolute atomic E-state index is 5.58. The van der Waals surface area contributed by atoms with Crippen molar-refractivity contribution in [3.05, 3.63) is 0 Å². The Morgan fingerprint density at radius 1 is 1.40 bits per heavy atom. The van der Waals surface area contributed by atoms with Gasteiger partial charge in [-0.15, -0.1) is 0 Å². The standard InChI is InChI=1S/C7H17NS2/c1-7(8)6-10-5-3-4-9-2/h7H,3-6,8H2,1-2H3. The summed E-state index contributed by atoms with van der Waals surface area (Å²) < 4.78 is 0. The molecule has 0 heterocycles. The molecule has 1 unspecified atom stereocenters. The van der Waals surface area contributed by atoms with E-state index in [0.717, 1.165) is 5.75 Å². The Labute approximate surface area is 72.5 Å². The van der Waals surface area contributed by atoms with Crippen LogP contribution in [-0.2, 0) is 0 Å². The summed E-state index contributed by atoms with van der Waals surface area (Å²) in [6.45, 7) is 2.06. The zero-order chi connectivity index (χ0) is 7.82. The first-order valence-corrected chi connectivity index (χ1v) is 6.14. The van der Waals surface area contributed by atoms with Crippen LogP contribution in [0.5, 0.6) is 0 Å². The Morgan fingerprint density at radius 2 is 2.10 bits per heavy atom. The van der Waals surface area contributed by atoms with Crippen molar-refractivity contribution in [2.24, 2.45) is 5.73 Å². The first-order valence-electron chi connectivity index (χ1n) is 3.59. The molecule has 1 nitrogen and oxygen atoms in total. The predicted octanol–water partition coefficient (Wildman–Crippen LogP) is 1.82. The molecular formula is C7H17NS2. The van der Waals surface area contributed by atoms with E-state index in [9.17, 15) is 0 Å². The van der Waals surface area contributed by atoms with Crippen molar-refractivity contribution in [2.75, 3.05) is 23.5 Å². The topological polar surface area (TPSA) is 26.0 Å². The largest absolute Gasteiger partial charge is 0.327 e. The first-order chi connectivity index (χ1) is 4.77. The van der Waals surface area contributed by atoms with E-state index in [1.807, 2.05) is 23.5 Å². The molecule has 0 saturated heterocycles. The normalized spacial score (nSPS) is 13.5. The molecule has 0 spiro atoms. The molecule has 0 bridgehead atoms. The number of thioether (sulfide) groups is 2. The first kappa shape index (κ1) is 10.7. The van der Waals surface area contributed by atoms with E-state index in [1.165, 1.54) is 17.9 Å². The predicted molar refractivity (Wildman–Crippen MR) is 54.0 cm³/mol. The van der Waals surface area contributed by atoms with Crippen molar-refractivity contribution in [3.63, 3.8) is 0 Å². The Hall–Kier alpha value is 0.660. The van der Waals surface area contributed by atoms with E-state index in [4.69, 9.17) is 5.73 Å². The van der Waals surface area contributed by atoms with Crippen LogP contribution in [0.25, 0.3) is 0 Å². The van der Waals surface area contributed by atoms with Gasteiger partial charge in [-0.25, -0.2) is 0 Å². The molecule has 0 aromatic carbocycles. The van der Waals surface area contributed by atoms with Gasteiger partial charge in [0.15, 0.2) is 0 Å². The lowest BCUT2D eigenvalue weighted by Crippen LogP contribution is -2.17. The average molecular weight is 179 g/mol. The minimum absolute atomic E-state index is 0.360. The van der Waals surface area contributed by atoms with Gasteiger partial charge < -0.3 is 5.73 Å². The molecule has 3 heteroatoms. The van der Waals surface area contributed by atoms with Gasteiger partial charge in [-0.2, -0.15) is 23.5 Å². The van der Waals surface area contributed by atoms with Gasteiger partial charge in [-0.1, -0.05) is 0 Å². The fourth-order valence-electron chi connectivity index (χ4n) is 0.575. The molecule has 0 aromatic heterocycles. The fourth-order valence-corrected chi connectivity index (χ4v) is 2.08. The molecule has 0 aliphatic heterocycles. The van der Waals surface area contributed by atoms with Crippen LogP contribution in [0.1, 0.15) is 13.3 Å². The van der Waals surface area contributed by atoms with Crippen LogP contribution in [0.4, 0.5) is 0 Å². The SMILES string of the molecule is CSCCCSCC(C)N. The summed E-state index contributed by atoms with van der Waals surface area (Å²) in [6.07, 6.45) is 3.47. The van der Waals surface area contributed by atoms with E-state index in [1.54, 1.807) is 0 Å². The summed E-state index contributed by atoms with van der Waals surface area (Å²) in [6, 6.07) is 0.360. The molecular weight excluding hydrogens is 162 g/mol. The van der Waals surface area contributed by atoms with E-state index in [-0.39, 0.29) is 0 Å². The fraction of sp³-hybridized carbons (Fsp3) is 1.00. The van der Waals surface area contributed by atoms with Crippen molar-refractivity contribution in [3.8, 4) is 0 Å². The summed E-state index contributed by atoms with van der Waals surface area (Å²) in [7, 11) is 0. The maximum Gasteiger partial charge on any atom is 0.0101 e. The molecule has 0 aromatic rings. The summed E-state index contributed by atoms with van der Waals surface area (Å²) in [5.41, 5.74) is 5.58. The quantitative estimate of drug-likeness (QED) is 0.630. The Balaban J connectivity index is 2.77. The third kappa shape index (κ3) is 8.66. The number of hydrogen-bond acceptors (Lipinski definition) is 3. The number of nitrogens with two attached hydrogens (primary N) is 1. The lowest BCUT2D eigenvalue weighted by Gasteiger charge is -2.02. The zero-order valence-electron chi connectivity index (χ0n) is 6.80. The van der Waals surface area contributed by atoms with E-state index in [2.05, 4.69) is 13.2 Å². The van der Waals surface area contributed by atoms with Crippen LogP contribution in [0.3, 0.4) is 0 Å². The lowest BCUT2D eigenvalue weighted by atomic mass is 10.4. The smallest absolute Gasteiger partial charge is 0.0101 e. The van der Waals surface area contributed by atoms with Crippen molar-refractivity contribution >= 4 is 23.5 Å². The van der Waals surface area contributed by atoms with Crippen LogP contribution in [0.15, 0.2) is 0 Å². The molecule has 0 radical (unpaired) electrons. The van der Waals surface area contributed by atoms with Gasteiger partial charge in [0.25, 0.3) is 0 Å². The Kier molecular flexibility index (Phi) is 8.28. The Morgan fingerprint density at radius 3 is 2.60 bits per heavy atom. The second-order valence-corrected chi connectivity index (χ2v) is 4.53. The zero-order valence-corrected chi connectivity index (χ0v) is 8.43. The molecule has 0 aliphatic rings. The van der Waals surface area contributed by atoms with Gasteiger partial charge in [0.1, 0.15) is 0 Å². The van der Waals surface area contributed by atoms with E-state index < -0.39 is 0 Å². The molecule has 0 saturated carbocycles. The van der Waals surface area contributed by atoms with Gasteiger partial charge in [0.05, 0.1) is 0 Å². The number of rotatable bonds is 6. The third-order valence-corrected chi connectivity index (χ3v) is 3.05. The van der Waals surface area contributed by atoms with Gasteiger partial charge in [0.2, 0.25) is 0 Å². The summed E-state index contributed by atoms with van der Waals surface area (Å²) >= 11 is 3.88. The maximum atomic E-state index is 5.58. The van der Waals surface area contributed by atoms with Crippen molar-refractivity contribution in [2.45, 2.75) is 19.4 Å². The van der Waals surface area contributed by atoms with Gasteiger partial charge >= 0.3 is 0 Å². The van der Waals surface area contributed by atoms with E-state index in [0.29, 0.717) is 6.04 Å². The van der Waals surface area contributed by atoms with Crippen LogP contribution in [0.2, 0.25) is 0 Å².